The van der Waals surface area contributed by atoms with Crippen LogP contribution in [0.4, 0.5) is 0 Å². The second-order valence-electron chi connectivity index (χ2n) is 15.1. The molecule has 0 spiro atoms. The number of fused-ring (bicyclic) bond motifs is 3. The number of aryl methyl sites for hydroxylation is 2. The minimum absolute atomic E-state index is 0.0144. The van der Waals surface area contributed by atoms with Crippen LogP contribution in [0.3, 0.4) is 0 Å². The van der Waals surface area contributed by atoms with Gasteiger partial charge in [0.15, 0.2) is 0 Å². The zero-order valence-electron chi connectivity index (χ0n) is 33.6. The van der Waals surface area contributed by atoms with Crippen LogP contribution >= 0.6 is 23.4 Å². The van der Waals surface area contributed by atoms with Crippen molar-refractivity contribution in [2.24, 2.45) is 16.6 Å². The molecule has 0 saturated heterocycles. The van der Waals surface area contributed by atoms with Gasteiger partial charge in [-0.2, -0.15) is 0 Å². The Hall–Kier alpha value is -4.81. The Morgan fingerprint density at radius 3 is 2.23 bits per heavy atom. The number of unbranched alkanes of at least 4 members (excludes halogenated alkanes) is 1. The number of para-hydroxylation sites is 1. The minimum atomic E-state index is -3.92. The van der Waals surface area contributed by atoms with E-state index in [-0.39, 0.29) is 30.3 Å². The number of carbonyl (C=O) groups is 3. The van der Waals surface area contributed by atoms with Gasteiger partial charge in [-0.05, 0) is 123 Å². The minimum Gasteiger partial charge on any atom is -0.358 e. The number of H-pyrrole nitrogens is 1. The number of primary sulfonamides is 1. The average molecular weight is 875 g/mol. The molecule has 0 saturated carbocycles. The predicted molar refractivity (Wildman–Crippen MR) is 236 cm³/mol. The van der Waals surface area contributed by atoms with Gasteiger partial charge in [0.25, 0.3) is 0 Å². The molecule has 6 rings (SSSR count). The molecule has 2 aromatic heterocycles. The molecule has 1 aliphatic heterocycles. The first-order valence-electron chi connectivity index (χ1n) is 19.9. The number of nitrogens with one attached hydrogen (secondary N) is 5. The third-order valence-electron chi connectivity index (χ3n) is 10.6. The van der Waals surface area contributed by atoms with E-state index in [1.807, 2.05) is 50.2 Å². The van der Waals surface area contributed by atoms with Gasteiger partial charge in [-0.15, -0.1) is 0 Å². The fraction of sp³-hybridized carbons (Fsp3) is 0.349. The lowest BCUT2D eigenvalue weighted by atomic mass is 10.00. The van der Waals surface area contributed by atoms with Gasteiger partial charge in [0.05, 0.1) is 16.0 Å². The number of amides is 3. The Bertz CT molecular complexity index is 2460. The zero-order chi connectivity index (χ0) is 43.0. The maximum atomic E-state index is 14.5. The highest BCUT2D eigenvalue weighted by molar-refractivity contribution is 7.99. The SMILES string of the molecule is Cc1cnc2c(c1)CN[C@@H](CCCN)C(=O)N[C@@H](CCCCN)C(=O)N[C@@H](Cc1c(C)[nH]c3ccccc13)C(=O)NCc1cc(-c3ccc(S(N)(=O)=O)cc3)cc(Cl)c1S2. The molecule has 3 heterocycles. The molecule has 318 valence electrons. The van der Waals surface area contributed by atoms with Crippen LogP contribution in [0.5, 0.6) is 0 Å². The van der Waals surface area contributed by atoms with Crippen molar-refractivity contribution >= 4 is 62.0 Å². The van der Waals surface area contributed by atoms with E-state index >= 15 is 0 Å². The summed E-state index contributed by atoms with van der Waals surface area (Å²) in [6.07, 6.45) is 4.43. The molecule has 5 aromatic rings. The summed E-state index contributed by atoms with van der Waals surface area (Å²) in [6, 6.07) is 16.9. The van der Waals surface area contributed by atoms with E-state index in [9.17, 15) is 22.8 Å². The second-order valence-corrected chi connectivity index (χ2v) is 18.0. The summed E-state index contributed by atoms with van der Waals surface area (Å²) < 4.78 is 24.0. The van der Waals surface area contributed by atoms with Crippen molar-refractivity contribution in [2.45, 2.75) is 98.4 Å². The van der Waals surface area contributed by atoms with E-state index < -0.39 is 40.0 Å². The molecule has 60 heavy (non-hydrogen) atoms. The van der Waals surface area contributed by atoms with E-state index in [4.69, 9.17) is 33.2 Å². The number of nitrogens with two attached hydrogens (primary N) is 3. The summed E-state index contributed by atoms with van der Waals surface area (Å²) in [5, 5.41) is 19.8. The highest BCUT2D eigenvalue weighted by atomic mass is 35.5. The van der Waals surface area contributed by atoms with Gasteiger partial charge in [0.2, 0.25) is 27.7 Å². The van der Waals surface area contributed by atoms with Crippen LogP contribution in [0.25, 0.3) is 22.0 Å². The van der Waals surface area contributed by atoms with E-state index in [1.165, 1.54) is 23.9 Å². The lowest BCUT2D eigenvalue weighted by Gasteiger charge is -2.26. The van der Waals surface area contributed by atoms with Gasteiger partial charge in [0, 0.05) is 47.2 Å². The van der Waals surface area contributed by atoms with Crippen LogP contribution in [0.1, 0.15) is 60.1 Å². The molecule has 17 heteroatoms. The maximum Gasteiger partial charge on any atom is 0.243 e. The Morgan fingerprint density at radius 1 is 0.800 bits per heavy atom. The van der Waals surface area contributed by atoms with Crippen molar-refractivity contribution in [1.82, 2.24) is 31.2 Å². The fourth-order valence-electron chi connectivity index (χ4n) is 7.34. The van der Waals surface area contributed by atoms with Crippen molar-refractivity contribution in [2.75, 3.05) is 13.1 Å². The summed E-state index contributed by atoms with van der Waals surface area (Å²) in [5.74, 6) is -1.30. The van der Waals surface area contributed by atoms with Crippen molar-refractivity contribution in [3.63, 3.8) is 0 Å². The maximum absolute atomic E-state index is 14.5. The number of carbonyl (C=O) groups excluding carboxylic acids is 3. The Balaban J connectivity index is 1.45. The molecule has 0 fully saturated rings. The van der Waals surface area contributed by atoms with Crippen molar-refractivity contribution in [3.8, 4) is 11.1 Å². The summed E-state index contributed by atoms with van der Waals surface area (Å²) in [6.45, 7) is 4.94. The van der Waals surface area contributed by atoms with Crippen molar-refractivity contribution < 1.29 is 22.8 Å². The molecule has 0 aliphatic carbocycles. The molecule has 0 unspecified atom stereocenters. The van der Waals surface area contributed by atoms with Crippen molar-refractivity contribution in [1.29, 1.82) is 0 Å². The van der Waals surface area contributed by atoms with Crippen LogP contribution < -0.4 is 37.9 Å². The molecule has 11 N–H and O–H groups in total. The van der Waals surface area contributed by atoms with Gasteiger partial charge in [-0.1, -0.05) is 59.8 Å². The lowest BCUT2D eigenvalue weighted by Crippen LogP contribution is -2.56. The molecule has 14 nitrogen and oxygen atoms in total. The van der Waals surface area contributed by atoms with Crippen LogP contribution in [0.15, 0.2) is 87.7 Å². The largest absolute Gasteiger partial charge is 0.358 e. The number of rotatable bonds is 11. The van der Waals surface area contributed by atoms with E-state index in [0.717, 1.165) is 33.3 Å². The average Bonchev–Trinajstić information content (AvgIpc) is 3.54. The Labute approximate surface area is 359 Å². The summed E-state index contributed by atoms with van der Waals surface area (Å²) in [7, 11) is -3.92. The number of aromatic amines is 1. The predicted octanol–water partition coefficient (Wildman–Crippen LogP) is 4.47. The number of hydrogen-bond donors (Lipinski definition) is 8. The lowest BCUT2D eigenvalue weighted by molar-refractivity contribution is -0.132. The van der Waals surface area contributed by atoms with Gasteiger partial charge in [-0.3, -0.25) is 14.4 Å². The third kappa shape index (κ3) is 11.1. The Morgan fingerprint density at radius 2 is 1.50 bits per heavy atom. The number of hydrogen-bond acceptors (Lipinski definition) is 10. The Kier molecular flexibility index (Phi) is 15.0. The topological polar surface area (TPSA) is 240 Å². The smallest absolute Gasteiger partial charge is 0.243 e. The van der Waals surface area contributed by atoms with Crippen LogP contribution in [-0.4, -0.2) is 67.3 Å². The quantitative estimate of drug-likeness (QED) is 0.0867. The number of sulfonamides is 1. The van der Waals surface area contributed by atoms with Gasteiger partial charge < -0.3 is 37.7 Å². The van der Waals surface area contributed by atoms with Crippen LogP contribution in [0.2, 0.25) is 5.02 Å². The number of aromatic nitrogens is 2. The first kappa shape index (κ1) is 44.7. The summed E-state index contributed by atoms with van der Waals surface area (Å²) in [5.41, 5.74) is 18.1. The number of halogens is 1. The highest BCUT2D eigenvalue weighted by Crippen LogP contribution is 2.40. The second kappa shape index (κ2) is 20.2. The van der Waals surface area contributed by atoms with Gasteiger partial charge in [-0.25, -0.2) is 18.5 Å². The third-order valence-corrected chi connectivity index (χ3v) is 13.1. The van der Waals surface area contributed by atoms with Crippen LogP contribution in [-0.2, 0) is 43.9 Å². The zero-order valence-corrected chi connectivity index (χ0v) is 36.0. The standard InChI is InChI=1S/C43H52ClN9O5S2/c1-25-18-30-24-48-36(11-7-17-46)41(55)52-37(10-5-6-16-45)42(56)53-38(21-33-26(2)51-35-9-4-3-8-32(33)35)40(54)49-23-29-19-28(20-34(44)39(29)59-43(30)50-22-25)27-12-14-31(15-13-27)60(47,57)58/h3-4,8-9,12-15,18-20,22,36-38,48,51H,5-7,10-11,16-17,21,23-24,45-46H2,1-2H3,(H,49,54)(H,52,55)(H,53,56)(H2,47,57,58)/t36-,37-,38-/m0/s1. The highest BCUT2D eigenvalue weighted by Gasteiger charge is 2.31. The van der Waals surface area contributed by atoms with E-state index in [0.29, 0.717) is 76.8 Å². The first-order chi connectivity index (χ1) is 28.7. The van der Waals surface area contributed by atoms with Gasteiger partial charge >= 0.3 is 0 Å². The summed E-state index contributed by atoms with van der Waals surface area (Å²) in [4.78, 5) is 51.7. The number of benzene rings is 3. The number of pyridine rings is 1. The molecule has 3 aromatic carbocycles. The fourth-order valence-corrected chi connectivity index (χ4v) is 9.19. The van der Waals surface area contributed by atoms with E-state index in [2.05, 4.69) is 26.3 Å². The molecule has 3 atom stereocenters. The molecule has 1 aliphatic rings. The summed E-state index contributed by atoms with van der Waals surface area (Å²) >= 11 is 8.45. The molecular weight excluding hydrogens is 822 g/mol. The van der Waals surface area contributed by atoms with Crippen molar-refractivity contribution in [3.05, 3.63) is 106 Å². The number of nitrogens with zero attached hydrogens (tertiary/aromatic N) is 1. The first-order valence-corrected chi connectivity index (χ1v) is 22.7. The monoisotopic (exact) mass is 873 g/mol. The van der Waals surface area contributed by atoms with Crippen LogP contribution in [0, 0.1) is 13.8 Å². The van der Waals surface area contributed by atoms with E-state index in [1.54, 1.807) is 24.4 Å². The normalized spacial score (nSPS) is 18.2. The molecule has 3 amide bonds. The van der Waals surface area contributed by atoms with Gasteiger partial charge in [0.1, 0.15) is 17.1 Å². The molecular formula is C43H52ClN9O5S2. The molecule has 0 radical (unpaired) electrons. The molecule has 0 bridgehead atoms.